The number of aromatic nitrogens is 1. The smallest absolute Gasteiger partial charge is 0.310 e. The summed E-state index contributed by atoms with van der Waals surface area (Å²) in [5, 5.41) is 17.5. The summed E-state index contributed by atoms with van der Waals surface area (Å²) in [6.45, 7) is 0.553. The summed E-state index contributed by atoms with van der Waals surface area (Å²) in [6.07, 6.45) is 2.60. The largest absolute Gasteiger partial charge is 0.490 e. The Balaban J connectivity index is 1.33. The predicted molar refractivity (Wildman–Crippen MR) is 152 cm³/mol. The number of nitro benzene ring substituents is 1. The molecule has 10 heteroatoms. The van der Waals surface area contributed by atoms with Gasteiger partial charge in [-0.15, -0.1) is 0 Å². The fraction of sp³-hybridized carbons (Fsp3) is 0.167. The highest BCUT2D eigenvalue weighted by atomic mass is 16.6. The van der Waals surface area contributed by atoms with Crippen molar-refractivity contribution in [2.45, 2.75) is 12.8 Å². The lowest BCUT2D eigenvalue weighted by Gasteiger charge is -2.17. The second-order valence-corrected chi connectivity index (χ2v) is 9.43. The Labute approximate surface area is 230 Å². The SMILES string of the molecule is COc1cc(-c2ccc3c(c2)Nc2ccc(CC(=O)N(C)CCc4ccccn4)cc2NC3=O)ccc1[N+](=O)[O-]. The van der Waals surface area contributed by atoms with Crippen LogP contribution in [0.3, 0.4) is 0 Å². The summed E-state index contributed by atoms with van der Waals surface area (Å²) in [4.78, 5) is 42.7. The number of nitrogens with one attached hydrogen (secondary N) is 2. The first-order chi connectivity index (χ1) is 19.3. The topological polar surface area (TPSA) is 127 Å². The van der Waals surface area contributed by atoms with Crippen molar-refractivity contribution in [1.29, 1.82) is 0 Å². The minimum absolute atomic E-state index is 0.0322. The van der Waals surface area contributed by atoms with Gasteiger partial charge >= 0.3 is 5.69 Å². The third-order valence-corrected chi connectivity index (χ3v) is 6.79. The fourth-order valence-corrected chi connectivity index (χ4v) is 4.54. The zero-order valence-corrected chi connectivity index (χ0v) is 22.0. The van der Waals surface area contributed by atoms with Crippen molar-refractivity contribution < 1.29 is 19.2 Å². The number of carbonyl (C=O) groups is 2. The summed E-state index contributed by atoms with van der Waals surface area (Å²) < 4.78 is 5.20. The molecule has 0 spiro atoms. The van der Waals surface area contributed by atoms with Crippen LogP contribution in [-0.4, -0.2) is 47.3 Å². The number of rotatable bonds is 8. The summed E-state index contributed by atoms with van der Waals surface area (Å²) in [6, 6.07) is 21.2. The molecule has 1 aromatic heterocycles. The van der Waals surface area contributed by atoms with Crippen LogP contribution in [0, 0.1) is 10.1 Å². The normalized spacial score (nSPS) is 11.8. The van der Waals surface area contributed by atoms with E-state index in [0.29, 0.717) is 41.2 Å². The molecule has 2 amide bonds. The van der Waals surface area contributed by atoms with Crippen LogP contribution in [0.4, 0.5) is 22.7 Å². The van der Waals surface area contributed by atoms with Gasteiger partial charge in [-0.05, 0) is 65.2 Å². The van der Waals surface area contributed by atoms with Crippen molar-refractivity contribution in [2.75, 3.05) is 31.3 Å². The van der Waals surface area contributed by atoms with E-state index in [9.17, 15) is 19.7 Å². The first kappa shape index (κ1) is 26.4. The second-order valence-electron chi connectivity index (χ2n) is 9.43. The third-order valence-electron chi connectivity index (χ3n) is 6.79. The van der Waals surface area contributed by atoms with Gasteiger partial charge in [-0.25, -0.2) is 0 Å². The molecule has 1 aliphatic heterocycles. The summed E-state index contributed by atoms with van der Waals surface area (Å²) in [7, 11) is 3.15. The van der Waals surface area contributed by atoms with Crippen LogP contribution in [0.15, 0.2) is 79.0 Å². The van der Waals surface area contributed by atoms with E-state index in [1.807, 2.05) is 36.4 Å². The molecule has 3 aromatic carbocycles. The van der Waals surface area contributed by atoms with Crippen LogP contribution < -0.4 is 15.4 Å². The molecule has 0 atom stereocenters. The lowest BCUT2D eigenvalue weighted by molar-refractivity contribution is -0.385. The van der Waals surface area contributed by atoms with Gasteiger partial charge in [0.2, 0.25) is 5.91 Å². The van der Waals surface area contributed by atoms with E-state index >= 15 is 0 Å². The number of likely N-dealkylation sites (N-methyl/N-ethyl adjacent to an activating group) is 1. The van der Waals surface area contributed by atoms with Crippen LogP contribution in [0.25, 0.3) is 11.1 Å². The standard InChI is InChI=1S/C30H27N5O5/c1-34(14-12-22-5-3-4-13-31-22)29(36)16-19-6-10-24-26(15-19)33-30(37)23-9-7-20(17-25(23)32-24)21-8-11-27(35(38)39)28(18-21)40-2/h3-11,13,15,17-18,32H,12,14,16H2,1-2H3,(H,33,37). The zero-order chi connectivity index (χ0) is 28.2. The molecular formula is C30H27N5O5. The van der Waals surface area contributed by atoms with E-state index in [-0.39, 0.29) is 29.7 Å². The summed E-state index contributed by atoms with van der Waals surface area (Å²) in [5.41, 5.74) is 5.33. The van der Waals surface area contributed by atoms with Gasteiger partial charge in [0.1, 0.15) is 0 Å². The quantitative estimate of drug-likeness (QED) is 0.233. The Morgan fingerprint density at radius 2 is 1.77 bits per heavy atom. The van der Waals surface area contributed by atoms with Crippen LogP contribution in [0.2, 0.25) is 0 Å². The molecule has 0 unspecified atom stereocenters. The minimum Gasteiger partial charge on any atom is -0.490 e. The molecule has 2 heterocycles. The number of benzene rings is 3. The molecule has 0 radical (unpaired) electrons. The Morgan fingerprint density at radius 1 is 0.975 bits per heavy atom. The van der Waals surface area contributed by atoms with Crippen LogP contribution >= 0.6 is 0 Å². The van der Waals surface area contributed by atoms with Crippen molar-refractivity contribution in [3.05, 3.63) is 106 Å². The molecule has 1 aliphatic rings. The van der Waals surface area contributed by atoms with Gasteiger partial charge in [0, 0.05) is 38.0 Å². The van der Waals surface area contributed by atoms with E-state index in [2.05, 4.69) is 15.6 Å². The van der Waals surface area contributed by atoms with Crippen LogP contribution in [0.5, 0.6) is 5.75 Å². The lowest BCUT2D eigenvalue weighted by Crippen LogP contribution is -2.30. The number of nitrogens with zero attached hydrogens (tertiary/aromatic N) is 3. The average Bonchev–Trinajstić information content (AvgIpc) is 3.10. The molecule has 0 saturated carbocycles. The highest BCUT2D eigenvalue weighted by Gasteiger charge is 2.22. The van der Waals surface area contributed by atoms with Gasteiger partial charge in [0.15, 0.2) is 5.75 Å². The maximum absolute atomic E-state index is 13.1. The average molecular weight is 538 g/mol. The number of hydrogen-bond acceptors (Lipinski definition) is 7. The Hall–Kier alpha value is -5.25. The van der Waals surface area contributed by atoms with Crippen molar-refractivity contribution in [3.63, 3.8) is 0 Å². The Morgan fingerprint density at radius 3 is 2.52 bits per heavy atom. The first-order valence-electron chi connectivity index (χ1n) is 12.6. The van der Waals surface area contributed by atoms with Gasteiger partial charge in [-0.3, -0.25) is 24.7 Å². The number of carbonyl (C=O) groups excluding carboxylic acids is 2. The first-order valence-corrected chi connectivity index (χ1v) is 12.6. The fourth-order valence-electron chi connectivity index (χ4n) is 4.54. The van der Waals surface area contributed by atoms with Gasteiger partial charge in [0.25, 0.3) is 5.91 Å². The van der Waals surface area contributed by atoms with E-state index in [4.69, 9.17) is 4.74 Å². The summed E-state index contributed by atoms with van der Waals surface area (Å²) >= 11 is 0. The van der Waals surface area contributed by atoms with E-state index in [1.165, 1.54) is 13.2 Å². The molecular weight excluding hydrogens is 510 g/mol. The monoisotopic (exact) mass is 537 g/mol. The van der Waals surface area contributed by atoms with Crippen molar-refractivity contribution in [3.8, 4) is 16.9 Å². The molecule has 5 rings (SSSR count). The van der Waals surface area contributed by atoms with Gasteiger partial charge in [-0.1, -0.05) is 18.2 Å². The zero-order valence-electron chi connectivity index (χ0n) is 22.0. The number of fused-ring (bicyclic) bond motifs is 2. The second kappa shape index (κ2) is 11.2. The number of pyridine rings is 1. The Bertz CT molecular complexity index is 1610. The summed E-state index contributed by atoms with van der Waals surface area (Å²) in [5.74, 6) is -0.168. The lowest BCUT2D eigenvalue weighted by atomic mass is 10.0. The minimum atomic E-state index is -0.495. The molecule has 0 aliphatic carbocycles. The highest BCUT2D eigenvalue weighted by Crippen LogP contribution is 2.37. The van der Waals surface area contributed by atoms with Crippen molar-refractivity contribution in [1.82, 2.24) is 9.88 Å². The van der Waals surface area contributed by atoms with Crippen LogP contribution in [-0.2, 0) is 17.6 Å². The molecule has 40 heavy (non-hydrogen) atoms. The molecule has 0 fully saturated rings. The number of nitro groups is 1. The molecule has 0 bridgehead atoms. The number of amides is 2. The maximum Gasteiger partial charge on any atom is 0.310 e. The number of ether oxygens (including phenoxy) is 1. The molecule has 0 saturated heterocycles. The molecule has 202 valence electrons. The Kier molecular flexibility index (Phi) is 7.41. The van der Waals surface area contributed by atoms with Crippen LogP contribution in [0.1, 0.15) is 21.6 Å². The van der Waals surface area contributed by atoms with Crippen molar-refractivity contribution >= 4 is 34.6 Å². The number of methoxy groups -OCH3 is 1. The third kappa shape index (κ3) is 5.60. The van der Waals surface area contributed by atoms with E-state index < -0.39 is 4.92 Å². The van der Waals surface area contributed by atoms with Gasteiger partial charge in [0.05, 0.1) is 41.1 Å². The molecule has 4 aromatic rings. The van der Waals surface area contributed by atoms with Gasteiger partial charge < -0.3 is 20.3 Å². The van der Waals surface area contributed by atoms with E-state index in [1.54, 1.807) is 48.5 Å². The number of anilines is 3. The predicted octanol–water partition coefficient (Wildman–Crippen LogP) is 5.22. The number of hydrogen-bond donors (Lipinski definition) is 2. The van der Waals surface area contributed by atoms with Crippen molar-refractivity contribution in [2.24, 2.45) is 0 Å². The molecule has 10 nitrogen and oxygen atoms in total. The maximum atomic E-state index is 13.1. The van der Waals surface area contributed by atoms with Gasteiger partial charge in [-0.2, -0.15) is 0 Å². The van der Waals surface area contributed by atoms with E-state index in [0.717, 1.165) is 16.8 Å². The highest BCUT2D eigenvalue weighted by molar-refractivity contribution is 6.12. The molecule has 2 N–H and O–H groups in total.